The van der Waals surface area contributed by atoms with Gasteiger partial charge in [0.1, 0.15) is 11.0 Å². The van der Waals surface area contributed by atoms with Gasteiger partial charge in [-0.05, 0) is 24.2 Å². The van der Waals surface area contributed by atoms with Crippen LogP contribution in [0.3, 0.4) is 0 Å². The minimum Gasteiger partial charge on any atom is -0.0576 e. The average molecular weight is 131 g/mol. The van der Waals surface area contributed by atoms with Gasteiger partial charge in [0.15, 0.2) is 0 Å². The first-order valence-electron chi connectivity index (χ1n) is 3.33. The van der Waals surface area contributed by atoms with Crippen LogP contribution < -0.4 is 0 Å². The van der Waals surface area contributed by atoms with Crippen LogP contribution in [0.15, 0.2) is 0 Å². The molecular formula is C7H15S+. The van der Waals surface area contributed by atoms with Crippen LogP contribution in [0.5, 0.6) is 0 Å². The molecule has 0 amide bonds. The first-order valence-corrected chi connectivity index (χ1v) is 5.19. The van der Waals surface area contributed by atoms with Crippen molar-refractivity contribution in [2.24, 2.45) is 5.92 Å². The topological polar surface area (TPSA) is 0 Å². The Morgan fingerprint density at radius 3 is 2.12 bits per heavy atom. The summed E-state index contributed by atoms with van der Waals surface area (Å²) in [5.74, 6) is 2.49. The van der Waals surface area contributed by atoms with Crippen molar-refractivity contribution >= 4 is 10.9 Å². The summed E-state index contributed by atoms with van der Waals surface area (Å²) in [7, 11) is 0.752. The minimum atomic E-state index is 0.752. The Hall–Kier alpha value is 0.350. The van der Waals surface area contributed by atoms with Gasteiger partial charge in [0.2, 0.25) is 0 Å². The van der Waals surface area contributed by atoms with Crippen molar-refractivity contribution in [3.8, 4) is 0 Å². The summed E-state index contributed by atoms with van der Waals surface area (Å²) in [6.45, 7) is 4.77. The maximum Gasteiger partial charge on any atom is 0.117 e. The van der Waals surface area contributed by atoms with Gasteiger partial charge in [-0.2, -0.15) is 0 Å². The molecule has 1 heterocycles. The highest BCUT2D eigenvalue weighted by molar-refractivity contribution is 7.97. The summed E-state index contributed by atoms with van der Waals surface area (Å²) in [4.78, 5) is 0. The Morgan fingerprint density at radius 1 is 1.38 bits per heavy atom. The molecule has 0 aromatic rings. The summed E-state index contributed by atoms with van der Waals surface area (Å²) in [6.07, 6.45) is 3.87. The van der Waals surface area contributed by atoms with Crippen LogP contribution >= 0.6 is 0 Å². The average Bonchev–Trinajstić information content (AvgIpc) is 1.98. The first kappa shape index (κ1) is 6.47. The lowest BCUT2D eigenvalue weighted by Crippen LogP contribution is -2.14. The molecule has 3 atom stereocenters. The second kappa shape index (κ2) is 2.30. The fourth-order valence-electron chi connectivity index (χ4n) is 1.19. The highest BCUT2D eigenvalue weighted by Crippen LogP contribution is 2.25. The second-order valence-corrected chi connectivity index (χ2v) is 5.40. The highest BCUT2D eigenvalue weighted by atomic mass is 32.2. The van der Waals surface area contributed by atoms with Crippen LogP contribution in [-0.4, -0.2) is 17.3 Å². The van der Waals surface area contributed by atoms with Crippen LogP contribution in [-0.2, 0) is 10.9 Å². The van der Waals surface area contributed by atoms with Crippen molar-refractivity contribution in [2.75, 3.05) is 12.0 Å². The molecule has 0 bridgehead atoms. The highest BCUT2D eigenvalue weighted by Gasteiger charge is 2.34. The Labute approximate surface area is 55.0 Å². The van der Waals surface area contributed by atoms with Gasteiger partial charge in [0.25, 0.3) is 0 Å². The normalized spacial score (nSPS) is 47.6. The fourth-order valence-corrected chi connectivity index (χ4v) is 3.23. The molecule has 8 heavy (non-hydrogen) atoms. The molecule has 1 fully saturated rings. The molecule has 0 radical (unpaired) electrons. The molecule has 1 aliphatic heterocycles. The summed E-state index contributed by atoms with van der Waals surface area (Å²) in [6, 6.07) is 0. The second-order valence-electron chi connectivity index (χ2n) is 2.87. The van der Waals surface area contributed by atoms with E-state index in [9.17, 15) is 0 Å². The largest absolute Gasteiger partial charge is 0.117 e. The van der Waals surface area contributed by atoms with Gasteiger partial charge in [-0.3, -0.25) is 0 Å². The van der Waals surface area contributed by atoms with E-state index in [1.807, 2.05) is 0 Å². The monoisotopic (exact) mass is 131 g/mol. The smallest absolute Gasteiger partial charge is 0.0576 e. The Balaban J connectivity index is 2.44. The van der Waals surface area contributed by atoms with Crippen LogP contribution in [0.1, 0.15) is 20.3 Å². The standard InChI is InChI=1S/C7H15S/c1-6-4-5-8(3)7(6)2/h6-7H,4-5H2,1-3H3/q+1/t6-,7-,8?/m0/s1. The first-order chi connectivity index (χ1) is 3.72. The fraction of sp³-hybridized carbons (Fsp3) is 1.00. The maximum absolute atomic E-state index is 2.40. The lowest BCUT2D eigenvalue weighted by Gasteiger charge is -2.03. The Bertz CT molecular complexity index is 70.5. The van der Waals surface area contributed by atoms with E-state index in [1.54, 1.807) is 0 Å². The van der Waals surface area contributed by atoms with Gasteiger partial charge in [-0.1, -0.05) is 6.92 Å². The minimum absolute atomic E-state index is 0.752. The molecule has 0 aliphatic carbocycles. The molecular weight excluding hydrogens is 116 g/mol. The van der Waals surface area contributed by atoms with Crippen LogP contribution in [0.4, 0.5) is 0 Å². The molecule has 1 saturated heterocycles. The molecule has 1 aliphatic rings. The van der Waals surface area contributed by atoms with Crippen molar-refractivity contribution < 1.29 is 0 Å². The van der Waals surface area contributed by atoms with Gasteiger partial charge in [-0.25, -0.2) is 0 Å². The Kier molecular flexibility index (Phi) is 1.86. The van der Waals surface area contributed by atoms with Crippen molar-refractivity contribution in [1.82, 2.24) is 0 Å². The third-order valence-electron chi connectivity index (χ3n) is 2.33. The predicted octanol–water partition coefficient (Wildman–Crippen LogP) is 1.66. The van der Waals surface area contributed by atoms with Gasteiger partial charge < -0.3 is 0 Å². The zero-order valence-electron chi connectivity index (χ0n) is 5.98. The van der Waals surface area contributed by atoms with Crippen LogP contribution in [0.2, 0.25) is 0 Å². The van der Waals surface area contributed by atoms with Gasteiger partial charge in [0, 0.05) is 5.92 Å². The number of hydrogen-bond acceptors (Lipinski definition) is 0. The predicted molar refractivity (Wildman–Crippen MR) is 41.4 cm³/mol. The molecule has 0 saturated carbocycles. The molecule has 0 spiro atoms. The molecule has 0 N–H and O–H groups in total. The van der Waals surface area contributed by atoms with Crippen molar-refractivity contribution in [2.45, 2.75) is 25.5 Å². The van der Waals surface area contributed by atoms with E-state index in [0.717, 1.165) is 22.1 Å². The van der Waals surface area contributed by atoms with Crippen molar-refractivity contribution in [1.29, 1.82) is 0 Å². The maximum atomic E-state index is 2.40. The van der Waals surface area contributed by atoms with Gasteiger partial charge >= 0.3 is 0 Å². The zero-order chi connectivity index (χ0) is 6.15. The molecule has 0 nitrogen and oxygen atoms in total. The number of hydrogen-bond donors (Lipinski definition) is 0. The van der Waals surface area contributed by atoms with E-state index >= 15 is 0 Å². The number of rotatable bonds is 0. The van der Waals surface area contributed by atoms with E-state index in [-0.39, 0.29) is 0 Å². The summed E-state index contributed by atoms with van der Waals surface area (Å²) < 4.78 is 0. The van der Waals surface area contributed by atoms with Crippen LogP contribution in [0, 0.1) is 5.92 Å². The molecule has 1 heteroatoms. The lowest BCUT2D eigenvalue weighted by atomic mass is 10.1. The lowest BCUT2D eigenvalue weighted by molar-refractivity contribution is 0.589. The molecule has 48 valence electrons. The summed E-state index contributed by atoms with van der Waals surface area (Å²) in [5.41, 5.74) is 0. The SMILES string of the molecule is C[C@H]1CC[S+](C)[C@H]1C. The Morgan fingerprint density at radius 2 is 2.00 bits per heavy atom. The van der Waals surface area contributed by atoms with E-state index < -0.39 is 0 Å². The van der Waals surface area contributed by atoms with E-state index in [4.69, 9.17) is 0 Å². The van der Waals surface area contributed by atoms with Crippen molar-refractivity contribution in [3.05, 3.63) is 0 Å². The van der Waals surface area contributed by atoms with Crippen LogP contribution in [0.25, 0.3) is 0 Å². The zero-order valence-corrected chi connectivity index (χ0v) is 6.79. The summed E-state index contributed by atoms with van der Waals surface area (Å²) >= 11 is 0. The molecule has 0 aromatic heterocycles. The summed E-state index contributed by atoms with van der Waals surface area (Å²) in [5, 5.41) is 1.01. The quantitative estimate of drug-likeness (QED) is 0.439. The van der Waals surface area contributed by atoms with Gasteiger partial charge in [0.05, 0.1) is 6.26 Å². The third kappa shape index (κ3) is 1.02. The van der Waals surface area contributed by atoms with E-state index in [1.165, 1.54) is 12.2 Å². The van der Waals surface area contributed by atoms with E-state index in [0.29, 0.717) is 0 Å². The third-order valence-corrected chi connectivity index (χ3v) is 4.94. The van der Waals surface area contributed by atoms with Crippen molar-refractivity contribution in [3.63, 3.8) is 0 Å². The molecule has 1 rings (SSSR count). The van der Waals surface area contributed by atoms with E-state index in [2.05, 4.69) is 20.1 Å². The van der Waals surface area contributed by atoms with Gasteiger partial charge in [-0.15, -0.1) is 0 Å². The molecule has 1 unspecified atom stereocenters. The molecule has 0 aromatic carbocycles.